The average Bonchev–Trinajstić information content (AvgIpc) is 2.00. The molecular weight excluding hydrogens is 190 g/mol. The van der Waals surface area contributed by atoms with Crippen molar-refractivity contribution in [2.24, 2.45) is 16.6 Å². The Morgan fingerprint density at radius 2 is 1.73 bits per heavy atom. The fourth-order valence-electron chi connectivity index (χ4n) is 1.84. The van der Waals surface area contributed by atoms with Crippen LogP contribution in [0, 0.1) is 10.8 Å². The molecule has 90 valence electrons. The van der Waals surface area contributed by atoms with Gasteiger partial charge in [0.1, 0.15) is 0 Å². The molecule has 0 aliphatic rings. The topological polar surface area (TPSA) is 52.3 Å². The molecule has 0 spiro atoms. The van der Waals surface area contributed by atoms with E-state index in [1.807, 2.05) is 13.8 Å². The molecule has 2 N–H and O–H groups in total. The molecule has 15 heavy (non-hydrogen) atoms. The van der Waals surface area contributed by atoms with Gasteiger partial charge in [0.2, 0.25) is 0 Å². The zero-order chi connectivity index (χ0) is 12.1. The standard InChI is InChI=1S/C12H25NO2/c1-11(2,3)9-12(4,5)10(14)15-8-6-7-13/h6-9,13H2,1-5H3. The monoisotopic (exact) mass is 215 g/mol. The predicted molar refractivity (Wildman–Crippen MR) is 62.5 cm³/mol. The Morgan fingerprint density at radius 3 is 2.13 bits per heavy atom. The molecular formula is C12H25NO2. The van der Waals surface area contributed by atoms with E-state index in [0.29, 0.717) is 13.2 Å². The van der Waals surface area contributed by atoms with Gasteiger partial charge in [-0.2, -0.15) is 0 Å². The molecule has 0 aliphatic heterocycles. The third kappa shape index (κ3) is 6.50. The molecule has 3 nitrogen and oxygen atoms in total. The molecule has 0 aromatic carbocycles. The highest BCUT2D eigenvalue weighted by Crippen LogP contribution is 2.33. The first kappa shape index (κ1) is 14.4. The molecule has 3 heteroatoms. The van der Waals surface area contributed by atoms with E-state index in [-0.39, 0.29) is 11.4 Å². The quantitative estimate of drug-likeness (QED) is 0.565. The maximum absolute atomic E-state index is 11.8. The number of rotatable bonds is 5. The first-order chi connectivity index (χ1) is 6.69. The number of hydrogen-bond donors (Lipinski definition) is 1. The molecule has 0 atom stereocenters. The van der Waals surface area contributed by atoms with Crippen molar-refractivity contribution in [1.82, 2.24) is 0 Å². The Kier molecular flexibility index (Phi) is 5.29. The van der Waals surface area contributed by atoms with Gasteiger partial charge in [-0.25, -0.2) is 0 Å². The van der Waals surface area contributed by atoms with Crippen LogP contribution in [0.1, 0.15) is 47.5 Å². The van der Waals surface area contributed by atoms with Crippen LogP contribution in [0.15, 0.2) is 0 Å². The molecule has 0 heterocycles. The van der Waals surface area contributed by atoms with Gasteiger partial charge in [0, 0.05) is 0 Å². The Balaban J connectivity index is 4.14. The third-order valence-electron chi connectivity index (χ3n) is 2.11. The number of carbonyl (C=O) groups is 1. The number of nitrogens with two attached hydrogens (primary N) is 1. The van der Waals surface area contributed by atoms with Gasteiger partial charge in [-0.05, 0) is 38.6 Å². The van der Waals surface area contributed by atoms with Gasteiger partial charge in [0.15, 0.2) is 0 Å². The summed E-state index contributed by atoms with van der Waals surface area (Å²) in [6.45, 7) is 11.2. The molecule has 0 saturated heterocycles. The van der Waals surface area contributed by atoms with Gasteiger partial charge >= 0.3 is 5.97 Å². The highest BCUT2D eigenvalue weighted by Gasteiger charge is 2.33. The summed E-state index contributed by atoms with van der Waals surface area (Å²) in [5.41, 5.74) is 5.06. The van der Waals surface area contributed by atoms with Crippen LogP contribution in [0.25, 0.3) is 0 Å². The van der Waals surface area contributed by atoms with Gasteiger partial charge in [-0.3, -0.25) is 4.79 Å². The van der Waals surface area contributed by atoms with E-state index in [4.69, 9.17) is 10.5 Å². The Labute approximate surface area is 93.4 Å². The van der Waals surface area contributed by atoms with Crippen LogP contribution >= 0.6 is 0 Å². The van der Waals surface area contributed by atoms with Crippen molar-refractivity contribution in [3.8, 4) is 0 Å². The summed E-state index contributed by atoms with van der Waals surface area (Å²) in [7, 11) is 0. The minimum atomic E-state index is -0.410. The Hall–Kier alpha value is -0.570. The SMILES string of the molecule is CC(C)(C)CC(C)(C)C(=O)OCCCN. The van der Waals surface area contributed by atoms with Crippen molar-refractivity contribution >= 4 is 5.97 Å². The maximum Gasteiger partial charge on any atom is 0.311 e. The second-order valence-corrected chi connectivity index (χ2v) is 5.90. The molecule has 0 radical (unpaired) electrons. The second-order valence-electron chi connectivity index (χ2n) is 5.90. The van der Waals surface area contributed by atoms with Crippen LogP contribution in [0.4, 0.5) is 0 Å². The van der Waals surface area contributed by atoms with E-state index in [9.17, 15) is 4.79 Å². The Morgan fingerprint density at radius 1 is 1.20 bits per heavy atom. The molecule has 0 aromatic heterocycles. The van der Waals surface area contributed by atoms with E-state index in [1.165, 1.54) is 0 Å². The number of hydrogen-bond acceptors (Lipinski definition) is 3. The first-order valence-electron chi connectivity index (χ1n) is 5.56. The minimum Gasteiger partial charge on any atom is -0.465 e. The average molecular weight is 215 g/mol. The van der Waals surface area contributed by atoms with Gasteiger partial charge in [-0.1, -0.05) is 20.8 Å². The molecule has 0 rings (SSSR count). The van der Waals surface area contributed by atoms with Gasteiger partial charge in [0.25, 0.3) is 0 Å². The first-order valence-corrected chi connectivity index (χ1v) is 5.56. The van der Waals surface area contributed by atoms with Crippen LogP contribution < -0.4 is 5.73 Å². The molecule has 0 aromatic rings. The highest BCUT2D eigenvalue weighted by molar-refractivity contribution is 5.75. The van der Waals surface area contributed by atoms with Crippen LogP contribution in [0.2, 0.25) is 0 Å². The highest BCUT2D eigenvalue weighted by atomic mass is 16.5. The minimum absolute atomic E-state index is 0.120. The van der Waals surface area contributed by atoms with Crippen molar-refractivity contribution in [3.05, 3.63) is 0 Å². The summed E-state index contributed by atoms with van der Waals surface area (Å²) in [5, 5.41) is 0. The van der Waals surface area contributed by atoms with Crippen molar-refractivity contribution in [3.63, 3.8) is 0 Å². The van der Waals surface area contributed by atoms with Gasteiger partial charge in [-0.15, -0.1) is 0 Å². The molecule has 0 unspecified atom stereocenters. The lowest BCUT2D eigenvalue weighted by atomic mass is 9.76. The fraction of sp³-hybridized carbons (Fsp3) is 0.917. The van der Waals surface area contributed by atoms with Crippen molar-refractivity contribution in [2.45, 2.75) is 47.5 Å². The largest absolute Gasteiger partial charge is 0.465 e. The van der Waals surface area contributed by atoms with Crippen LogP contribution in [-0.4, -0.2) is 19.1 Å². The number of carbonyl (C=O) groups excluding carboxylic acids is 1. The molecule has 0 bridgehead atoms. The Bertz CT molecular complexity index is 204. The maximum atomic E-state index is 11.8. The third-order valence-corrected chi connectivity index (χ3v) is 2.11. The molecule has 0 fully saturated rings. The summed E-state index contributed by atoms with van der Waals surface area (Å²) < 4.78 is 5.17. The van der Waals surface area contributed by atoms with E-state index < -0.39 is 5.41 Å². The summed E-state index contributed by atoms with van der Waals surface area (Å²) in [6, 6.07) is 0. The number of esters is 1. The zero-order valence-electron chi connectivity index (χ0n) is 10.7. The van der Waals surface area contributed by atoms with Gasteiger partial charge in [0.05, 0.1) is 12.0 Å². The van der Waals surface area contributed by atoms with Crippen molar-refractivity contribution in [2.75, 3.05) is 13.2 Å². The summed E-state index contributed by atoms with van der Waals surface area (Å²) in [6.07, 6.45) is 1.55. The van der Waals surface area contributed by atoms with E-state index in [1.54, 1.807) is 0 Å². The summed E-state index contributed by atoms with van der Waals surface area (Å²) in [5.74, 6) is -0.120. The van der Waals surface area contributed by atoms with Crippen molar-refractivity contribution in [1.29, 1.82) is 0 Å². The van der Waals surface area contributed by atoms with Gasteiger partial charge < -0.3 is 10.5 Å². The predicted octanol–water partition coefficient (Wildman–Crippen LogP) is 2.34. The van der Waals surface area contributed by atoms with Crippen molar-refractivity contribution < 1.29 is 9.53 Å². The second kappa shape index (κ2) is 5.50. The normalized spacial score (nSPS) is 12.7. The zero-order valence-corrected chi connectivity index (χ0v) is 10.7. The van der Waals surface area contributed by atoms with E-state index in [0.717, 1.165) is 12.8 Å². The van der Waals surface area contributed by atoms with Crippen LogP contribution in [-0.2, 0) is 9.53 Å². The summed E-state index contributed by atoms with van der Waals surface area (Å²) >= 11 is 0. The smallest absolute Gasteiger partial charge is 0.311 e. The van der Waals surface area contributed by atoms with Crippen LogP contribution in [0.3, 0.4) is 0 Å². The van der Waals surface area contributed by atoms with E-state index in [2.05, 4.69) is 20.8 Å². The number of ether oxygens (including phenoxy) is 1. The summed E-state index contributed by atoms with van der Waals surface area (Å²) in [4.78, 5) is 11.8. The molecule has 0 amide bonds. The lowest BCUT2D eigenvalue weighted by Crippen LogP contribution is -2.31. The van der Waals surface area contributed by atoms with Crippen LogP contribution in [0.5, 0.6) is 0 Å². The molecule has 0 aliphatic carbocycles. The lowest BCUT2D eigenvalue weighted by Gasteiger charge is -2.30. The van der Waals surface area contributed by atoms with E-state index >= 15 is 0 Å². The molecule has 0 saturated carbocycles. The lowest BCUT2D eigenvalue weighted by molar-refractivity contribution is -0.155. The fourth-order valence-corrected chi connectivity index (χ4v) is 1.84.